The van der Waals surface area contributed by atoms with E-state index in [-0.39, 0.29) is 5.56 Å². The number of amides is 1. The number of aromatic amines is 1. The van der Waals surface area contributed by atoms with Crippen LogP contribution in [-0.4, -0.2) is 55.1 Å². The fourth-order valence-electron chi connectivity index (χ4n) is 4.99. The molecule has 0 aliphatic carbocycles. The van der Waals surface area contributed by atoms with E-state index >= 15 is 0 Å². The Kier molecular flexibility index (Phi) is 8.44. The lowest BCUT2D eigenvalue weighted by Crippen LogP contribution is -2.49. The van der Waals surface area contributed by atoms with Crippen LogP contribution < -0.4 is 20.1 Å². The summed E-state index contributed by atoms with van der Waals surface area (Å²) in [4.78, 5) is 29.1. The Bertz CT molecular complexity index is 1680. The lowest BCUT2D eigenvalue weighted by atomic mass is 9.97. The number of fused-ring (bicyclic) bond motifs is 2. The Morgan fingerprint density at radius 1 is 1.02 bits per heavy atom. The third kappa shape index (κ3) is 6.84. The fourth-order valence-corrected chi connectivity index (χ4v) is 4.99. The highest BCUT2D eigenvalue weighted by molar-refractivity contribution is 5.97. The number of benzene rings is 3. The van der Waals surface area contributed by atoms with Gasteiger partial charge in [-0.1, -0.05) is 30.3 Å². The van der Waals surface area contributed by atoms with Gasteiger partial charge in [0.2, 0.25) is 0 Å². The molecule has 0 fully saturated rings. The molecule has 0 spiro atoms. The molecule has 4 aromatic rings. The zero-order valence-corrected chi connectivity index (χ0v) is 24.5. The van der Waals surface area contributed by atoms with E-state index < -0.39 is 29.7 Å². The molecule has 5 rings (SSSR count). The number of hydrogen-bond donors (Lipinski definition) is 3. The number of anilines is 1. The molecule has 43 heavy (non-hydrogen) atoms. The number of ether oxygens (including phenoxy) is 4. The molecule has 3 N–H and O–H groups in total. The molecule has 2 atom stereocenters. The van der Waals surface area contributed by atoms with Crippen molar-refractivity contribution < 1.29 is 28.5 Å². The maximum atomic E-state index is 12.9. The summed E-state index contributed by atoms with van der Waals surface area (Å²) in [5.41, 5.74) is 3.32. The Hall–Kier alpha value is -5.17. The average molecular weight is 583 g/mol. The average Bonchev–Trinajstić information content (AvgIpc) is 3.40. The van der Waals surface area contributed by atoms with E-state index in [4.69, 9.17) is 18.9 Å². The summed E-state index contributed by atoms with van der Waals surface area (Å²) >= 11 is 0. The minimum atomic E-state index is -0.940. The number of esters is 1. The Morgan fingerprint density at radius 3 is 2.49 bits per heavy atom. The molecule has 0 saturated carbocycles. The molecule has 10 heteroatoms. The monoisotopic (exact) mass is 582 g/mol. The van der Waals surface area contributed by atoms with Gasteiger partial charge in [0.05, 0.1) is 24.8 Å². The van der Waals surface area contributed by atoms with Crippen LogP contribution in [0.25, 0.3) is 22.0 Å². The maximum Gasteiger partial charge on any atom is 0.407 e. The minimum Gasteiger partial charge on any atom is -0.486 e. The molecule has 1 aromatic heterocycles. The second kappa shape index (κ2) is 12.4. The number of methoxy groups -OCH3 is 1. The number of nitriles is 1. The zero-order valence-electron chi connectivity index (χ0n) is 24.5. The number of carbonyl (C=O) groups excluding carboxylic acids is 2. The summed E-state index contributed by atoms with van der Waals surface area (Å²) < 4.78 is 21.9. The summed E-state index contributed by atoms with van der Waals surface area (Å²) in [6, 6.07) is 19.2. The Morgan fingerprint density at radius 2 is 1.74 bits per heavy atom. The first-order chi connectivity index (χ1) is 20.6. The second-order valence-corrected chi connectivity index (χ2v) is 11.2. The molecule has 0 radical (unpaired) electrons. The number of nitrogens with zero attached hydrogens (tertiary/aromatic N) is 1. The van der Waals surface area contributed by atoms with Crippen LogP contribution in [0, 0.1) is 11.3 Å². The van der Waals surface area contributed by atoms with Gasteiger partial charge in [-0.15, -0.1) is 0 Å². The Balaban J connectivity index is 1.46. The first kappa shape index (κ1) is 29.3. The number of aromatic nitrogens is 1. The molecule has 222 valence electrons. The molecular weight excluding hydrogens is 548 g/mol. The Labute approximate surface area is 249 Å². The van der Waals surface area contributed by atoms with Crippen molar-refractivity contribution in [2.45, 2.75) is 44.9 Å². The molecule has 1 amide bonds. The molecular formula is C33H34N4O6. The predicted molar refractivity (Wildman–Crippen MR) is 162 cm³/mol. The van der Waals surface area contributed by atoms with Gasteiger partial charge in [0.25, 0.3) is 0 Å². The number of para-hydroxylation sites is 1. The van der Waals surface area contributed by atoms with Gasteiger partial charge in [-0.05, 0) is 74.2 Å². The lowest BCUT2D eigenvalue weighted by Gasteiger charge is -2.27. The van der Waals surface area contributed by atoms with E-state index in [2.05, 4.69) is 21.7 Å². The normalized spacial score (nSPS) is 13.8. The summed E-state index contributed by atoms with van der Waals surface area (Å²) in [5, 5.41) is 17.4. The van der Waals surface area contributed by atoms with E-state index in [1.54, 1.807) is 32.9 Å². The first-order valence-corrected chi connectivity index (χ1v) is 14.0. The number of alkyl carbamates (subject to hydrolysis) is 1. The van der Waals surface area contributed by atoms with E-state index in [0.717, 1.165) is 27.6 Å². The second-order valence-electron chi connectivity index (χ2n) is 11.2. The highest BCUT2D eigenvalue weighted by Crippen LogP contribution is 2.36. The number of rotatable bonds is 8. The predicted octanol–water partition coefficient (Wildman–Crippen LogP) is 5.83. The van der Waals surface area contributed by atoms with Crippen LogP contribution in [0.2, 0.25) is 0 Å². The van der Waals surface area contributed by atoms with Gasteiger partial charge in [-0.25, -0.2) is 9.59 Å². The maximum absolute atomic E-state index is 12.9. The van der Waals surface area contributed by atoms with Crippen molar-refractivity contribution in [3.8, 4) is 28.7 Å². The summed E-state index contributed by atoms with van der Waals surface area (Å²) in [7, 11) is 1.30. The van der Waals surface area contributed by atoms with Crippen molar-refractivity contribution in [3.63, 3.8) is 0 Å². The third-order valence-corrected chi connectivity index (χ3v) is 6.97. The minimum absolute atomic E-state index is 0.234. The van der Waals surface area contributed by atoms with Crippen molar-refractivity contribution in [1.82, 2.24) is 10.3 Å². The van der Waals surface area contributed by atoms with Crippen molar-refractivity contribution in [2.24, 2.45) is 0 Å². The molecule has 2 heterocycles. The molecule has 1 unspecified atom stereocenters. The van der Waals surface area contributed by atoms with Crippen molar-refractivity contribution in [2.75, 3.05) is 25.6 Å². The smallest absolute Gasteiger partial charge is 0.407 e. The molecule has 1 aliphatic rings. The third-order valence-electron chi connectivity index (χ3n) is 6.97. The largest absolute Gasteiger partial charge is 0.486 e. The highest BCUT2D eigenvalue weighted by atomic mass is 16.6. The van der Waals surface area contributed by atoms with Gasteiger partial charge in [0, 0.05) is 22.8 Å². The standard InChI is InChI=1S/C33H34N4O6/c1-33(2,3)43-32(39)37-27(16-22-19-35-25-8-6-5-7-23(22)25)28(18-34)36-26-11-9-20(15-24(26)31(38)40-4)21-10-12-29-30(17-21)42-14-13-41-29/h5-12,15,17,19,27-28,35-36H,13-14,16H2,1-4H3,(H,37,39)/t27-,28?/m1/s1. The summed E-state index contributed by atoms with van der Waals surface area (Å²) in [6.07, 6.45) is 1.53. The van der Waals surface area contributed by atoms with Gasteiger partial charge in [-0.2, -0.15) is 5.26 Å². The van der Waals surface area contributed by atoms with Crippen LogP contribution in [0.1, 0.15) is 36.7 Å². The fraction of sp³-hybridized carbons (Fsp3) is 0.303. The van der Waals surface area contributed by atoms with Crippen LogP contribution in [0.4, 0.5) is 10.5 Å². The first-order valence-electron chi connectivity index (χ1n) is 14.0. The van der Waals surface area contributed by atoms with Gasteiger partial charge in [0.15, 0.2) is 11.5 Å². The van der Waals surface area contributed by atoms with Gasteiger partial charge >= 0.3 is 12.1 Å². The quantitative estimate of drug-likeness (QED) is 0.221. The van der Waals surface area contributed by atoms with Crippen molar-refractivity contribution in [1.29, 1.82) is 5.26 Å². The van der Waals surface area contributed by atoms with Gasteiger partial charge in [-0.3, -0.25) is 0 Å². The number of carbonyl (C=O) groups is 2. The number of H-pyrrole nitrogens is 1. The summed E-state index contributed by atoms with van der Waals surface area (Å²) in [6.45, 7) is 6.26. The van der Waals surface area contributed by atoms with Crippen LogP contribution in [-0.2, 0) is 15.9 Å². The number of hydrogen-bond acceptors (Lipinski definition) is 8. The van der Waals surface area contributed by atoms with Gasteiger partial charge in [0.1, 0.15) is 24.9 Å². The highest BCUT2D eigenvalue weighted by Gasteiger charge is 2.29. The molecule has 0 saturated heterocycles. The van der Waals surface area contributed by atoms with Crippen LogP contribution in [0.15, 0.2) is 66.9 Å². The molecule has 10 nitrogen and oxygen atoms in total. The van der Waals surface area contributed by atoms with Crippen molar-refractivity contribution >= 4 is 28.7 Å². The van der Waals surface area contributed by atoms with E-state index in [1.165, 1.54) is 7.11 Å². The SMILES string of the molecule is COC(=O)c1cc(-c2ccc3c(c2)OCCO3)ccc1NC(C#N)[C@@H](Cc1c[nH]c2ccccc12)NC(=O)OC(C)(C)C. The van der Waals surface area contributed by atoms with E-state index in [9.17, 15) is 14.9 Å². The molecule has 0 bridgehead atoms. The molecule has 3 aromatic carbocycles. The van der Waals surface area contributed by atoms with Gasteiger partial charge < -0.3 is 34.6 Å². The zero-order chi connectivity index (χ0) is 30.6. The van der Waals surface area contributed by atoms with Crippen molar-refractivity contribution in [3.05, 3.63) is 78.0 Å². The topological polar surface area (TPSA) is 135 Å². The molecule has 1 aliphatic heterocycles. The lowest BCUT2D eigenvalue weighted by molar-refractivity contribution is 0.0501. The van der Waals surface area contributed by atoms with E-state index in [1.807, 2.05) is 54.7 Å². The van der Waals surface area contributed by atoms with E-state index in [0.29, 0.717) is 36.8 Å². The van der Waals surface area contributed by atoms with Crippen LogP contribution in [0.3, 0.4) is 0 Å². The summed E-state index contributed by atoms with van der Waals surface area (Å²) in [5.74, 6) is 0.715. The van der Waals surface area contributed by atoms with Crippen LogP contribution >= 0.6 is 0 Å². The van der Waals surface area contributed by atoms with Crippen LogP contribution in [0.5, 0.6) is 11.5 Å². The number of nitrogens with one attached hydrogen (secondary N) is 3.